The van der Waals surface area contributed by atoms with E-state index in [1.54, 1.807) is 21.9 Å². The molecule has 1 aliphatic heterocycles. The maximum absolute atomic E-state index is 13.4. The fraction of sp³-hybridized carbons (Fsp3) is 0.368. The van der Waals surface area contributed by atoms with Crippen molar-refractivity contribution in [2.24, 2.45) is 0 Å². The minimum Gasteiger partial charge on any atom is -0.337 e. The van der Waals surface area contributed by atoms with E-state index in [1.807, 2.05) is 24.4 Å². The van der Waals surface area contributed by atoms with Crippen LogP contribution >= 0.6 is 11.3 Å². The minimum absolute atomic E-state index is 0.0610. The Hall–Kier alpha value is -2.21. The summed E-state index contributed by atoms with van der Waals surface area (Å²) >= 11 is 1.39. The molecule has 0 aliphatic carbocycles. The quantitative estimate of drug-likeness (QED) is 0.818. The predicted molar refractivity (Wildman–Crippen MR) is 95.9 cm³/mol. The third kappa shape index (κ3) is 3.90. The van der Waals surface area contributed by atoms with Gasteiger partial charge in [0.2, 0.25) is 5.91 Å². The summed E-state index contributed by atoms with van der Waals surface area (Å²) in [5, 5.41) is 1.86. The number of rotatable bonds is 5. The van der Waals surface area contributed by atoms with Crippen LogP contribution in [0.3, 0.4) is 0 Å². The highest BCUT2D eigenvalue weighted by molar-refractivity contribution is 7.12. The molecule has 0 N–H and O–H groups in total. The zero-order valence-electron chi connectivity index (χ0n) is 14.2. The van der Waals surface area contributed by atoms with Crippen LogP contribution in [0.2, 0.25) is 0 Å². The van der Waals surface area contributed by atoms with Gasteiger partial charge in [0.25, 0.3) is 5.91 Å². The Bertz CT molecular complexity index is 748. The summed E-state index contributed by atoms with van der Waals surface area (Å²) in [4.78, 5) is 29.7. The van der Waals surface area contributed by atoms with Gasteiger partial charge in [-0.05, 0) is 48.9 Å². The molecule has 1 aromatic carbocycles. The zero-order chi connectivity index (χ0) is 17.8. The molecule has 1 aliphatic rings. The van der Waals surface area contributed by atoms with Gasteiger partial charge in [-0.3, -0.25) is 9.59 Å². The number of carbonyl (C=O) groups excluding carboxylic acids is 2. The molecule has 1 fully saturated rings. The first-order valence-electron chi connectivity index (χ1n) is 8.48. The number of thiophene rings is 1. The lowest BCUT2D eigenvalue weighted by Crippen LogP contribution is -2.47. The lowest BCUT2D eigenvalue weighted by molar-refractivity contribution is -0.135. The minimum atomic E-state index is -0.428. The van der Waals surface area contributed by atoms with Gasteiger partial charge in [-0.1, -0.05) is 18.2 Å². The standard InChI is InChI=1S/C19H21FN2O2S/c1-2-21(13-14-6-3-7-15(20)12-14)18(23)16-8-4-10-22(16)19(24)17-9-5-11-25-17/h3,5-7,9,11-12,16H,2,4,8,10,13H2,1H3. The average molecular weight is 360 g/mol. The van der Waals surface area contributed by atoms with E-state index in [2.05, 4.69) is 0 Å². The van der Waals surface area contributed by atoms with Gasteiger partial charge in [0, 0.05) is 19.6 Å². The van der Waals surface area contributed by atoms with Gasteiger partial charge < -0.3 is 9.80 Å². The second-order valence-electron chi connectivity index (χ2n) is 6.12. The molecule has 4 nitrogen and oxygen atoms in total. The van der Waals surface area contributed by atoms with Gasteiger partial charge in [-0.15, -0.1) is 11.3 Å². The Balaban J connectivity index is 1.74. The lowest BCUT2D eigenvalue weighted by atomic mass is 10.1. The molecule has 25 heavy (non-hydrogen) atoms. The van der Waals surface area contributed by atoms with E-state index >= 15 is 0 Å². The number of carbonyl (C=O) groups is 2. The molecule has 6 heteroatoms. The van der Waals surface area contributed by atoms with Gasteiger partial charge in [-0.2, -0.15) is 0 Å². The number of likely N-dealkylation sites (N-methyl/N-ethyl adjacent to an activating group) is 1. The van der Waals surface area contributed by atoms with Crippen molar-refractivity contribution in [1.82, 2.24) is 9.80 Å². The molecule has 0 spiro atoms. The normalized spacial score (nSPS) is 16.9. The highest BCUT2D eigenvalue weighted by Crippen LogP contribution is 2.24. The topological polar surface area (TPSA) is 40.6 Å². The van der Waals surface area contributed by atoms with E-state index < -0.39 is 6.04 Å². The Kier molecular flexibility index (Phi) is 5.48. The van der Waals surface area contributed by atoms with E-state index in [9.17, 15) is 14.0 Å². The van der Waals surface area contributed by atoms with E-state index in [1.165, 1.54) is 23.5 Å². The Labute approximate surface area is 150 Å². The zero-order valence-corrected chi connectivity index (χ0v) is 15.0. The molecule has 2 heterocycles. The molecule has 1 saturated heterocycles. The number of nitrogens with zero attached hydrogens (tertiary/aromatic N) is 2. The smallest absolute Gasteiger partial charge is 0.264 e. The fourth-order valence-corrected chi connectivity index (χ4v) is 3.90. The van der Waals surface area contributed by atoms with Crippen molar-refractivity contribution in [3.63, 3.8) is 0 Å². The monoisotopic (exact) mass is 360 g/mol. The van der Waals surface area contributed by atoms with Crippen LogP contribution in [0.25, 0.3) is 0 Å². The molecule has 1 unspecified atom stereocenters. The molecule has 2 amide bonds. The summed E-state index contributed by atoms with van der Waals surface area (Å²) in [6.45, 7) is 3.37. The van der Waals surface area contributed by atoms with Crippen molar-refractivity contribution in [2.75, 3.05) is 13.1 Å². The second-order valence-corrected chi connectivity index (χ2v) is 7.06. The fourth-order valence-electron chi connectivity index (χ4n) is 3.22. The van der Waals surface area contributed by atoms with Gasteiger partial charge in [-0.25, -0.2) is 4.39 Å². The molecule has 2 aromatic rings. The summed E-state index contributed by atoms with van der Waals surface area (Å²) < 4.78 is 13.4. The molecule has 0 bridgehead atoms. The molecule has 0 saturated carbocycles. The summed E-state index contributed by atoms with van der Waals surface area (Å²) in [5.74, 6) is -0.446. The molecule has 132 valence electrons. The highest BCUT2D eigenvalue weighted by Gasteiger charge is 2.36. The first-order valence-corrected chi connectivity index (χ1v) is 9.36. The SMILES string of the molecule is CCN(Cc1cccc(F)c1)C(=O)C1CCCN1C(=O)c1cccs1. The van der Waals surface area contributed by atoms with E-state index in [0.29, 0.717) is 30.9 Å². The Morgan fingerprint density at radius 1 is 1.32 bits per heavy atom. The molecular formula is C19H21FN2O2S. The second kappa shape index (κ2) is 7.78. The van der Waals surface area contributed by atoms with Gasteiger partial charge in [0.05, 0.1) is 4.88 Å². The van der Waals surface area contributed by atoms with Crippen LogP contribution in [-0.4, -0.2) is 40.7 Å². The van der Waals surface area contributed by atoms with Gasteiger partial charge in [0.1, 0.15) is 11.9 Å². The summed E-state index contributed by atoms with van der Waals surface area (Å²) in [7, 11) is 0. The van der Waals surface area contributed by atoms with Crippen LogP contribution in [0.5, 0.6) is 0 Å². The van der Waals surface area contributed by atoms with Crippen LogP contribution in [-0.2, 0) is 11.3 Å². The largest absolute Gasteiger partial charge is 0.337 e. The summed E-state index contributed by atoms with van der Waals surface area (Å²) in [5.41, 5.74) is 0.754. The molecule has 3 rings (SSSR count). The first-order chi connectivity index (χ1) is 12.1. The number of hydrogen-bond donors (Lipinski definition) is 0. The van der Waals surface area contributed by atoms with Gasteiger partial charge in [0.15, 0.2) is 0 Å². The molecular weight excluding hydrogens is 339 g/mol. The van der Waals surface area contributed by atoms with Crippen molar-refractivity contribution in [1.29, 1.82) is 0 Å². The van der Waals surface area contributed by atoms with Crippen molar-refractivity contribution in [2.45, 2.75) is 32.4 Å². The number of likely N-dealkylation sites (tertiary alicyclic amines) is 1. The van der Waals surface area contributed by atoms with Crippen LogP contribution < -0.4 is 0 Å². The van der Waals surface area contributed by atoms with Crippen molar-refractivity contribution < 1.29 is 14.0 Å². The highest BCUT2D eigenvalue weighted by atomic mass is 32.1. The van der Waals surface area contributed by atoms with Crippen LogP contribution in [0, 0.1) is 5.82 Å². The number of hydrogen-bond acceptors (Lipinski definition) is 3. The predicted octanol–water partition coefficient (Wildman–Crippen LogP) is 3.54. The van der Waals surface area contributed by atoms with Crippen molar-refractivity contribution >= 4 is 23.2 Å². The molecule has 0 radical (unpaired) electrons. The van der Waals surface area contributed by atoms with Gasteiger partial charge >= 0.3 is 0 Å². The van der Waals surface area contributed by atoms with Crippen molar-refractivity contribution in [3.05, 3.63) is 58.0 Å². The van der Waals surface area contributed by atoms with E-state index in [4.69, 9.17) is 0 Å². The third-order valence-electron chi connectivity index (χ3n) is 4.49. The van der Waals surface area contributed by atoms with Crippen molar-refractivity contribution in [3.8, 4) is 0 Å². The summed E-state index contributed by atoms with van der Waals surface area (Å²) in [6.07, 6.45) is 1.50. The number of amides is 2. The maximum Gasteiger partial charge on any atom is 0.264 e. The lowest BCUT2D eigenvalue weighted by Gasteiger charge is -2.29. The number of benzene rings is 1. The summed E-state index contributed by atoms with van der Waals surface area (Å²) in [6, 6.07) is 9.49. The molecule has 1 aromatic heterocycles. The Morgan fingerprint density at radius 2 is 2.16 bits per heavy atom. The average Bonchev–Trinajstić information content (AvgIpc) is 3.29. The van der Waals surface area contributed by atoms with E-state index in [-0.39, 0.29) is 17.6 Å². The third-order valence-corrected chi connectivity index (χ3v) is 5.34. The van der Waals surface area contributed by atoms with Crippen LogP contribution in [0.4, 0.5) is 4.39 Å². The number of halogens is 1. The Morgan fingerprint density at radius 3 is 2.84 bits per heavy atom. The molecule has 1 atom stereocenters. The maximum atomic E-state index is 13.4. The van der Waals surface area contributed by atoms with Crippen LogP contribution in [0.15, 0.2) is 41.8 Å². The van der Waals surface area contributed by atoms with Crippen LogP contribution in [0.1, 0.15) is 35.0 Å². The first kappa shape index (κ1) is 17.6. The van der Waals surface area contributed by atoms with E-state index in [0.717, 1.165) is 12.0 Å².